The van der Waals surface area contributed by atoms with Crippen LogP contribution >= 0.6 is 50.1 Å². The van der Waals surface area contributed by atoms with Crippen molar-refractivity contribution in [2.45, 2.75) is 4.90 Å². The molecule has 0 bridgehead atoms. The molecular weight excluding hydrogens is 492 g/mol. The van der Waals surface area contributed by atoms with Crippen molar-refractivity contribution in [1.82, 2.24) is 0 Å². The molecule has 4 nitrogen and oxygen atoms in total. The molecule has 2 aromatic rings. The molecule has 8 heteroatoms. The normalized spacial score (nSPS) is 11.2. The van der Waals surface area contributed by atoms with Gasteiger partial charge >= 0.3 is 0 Å². The summed E-state index contributed by atoms with van der Waals surface area (Å²) in [5.41, 5.74) is 0.337. The van der Waals surface area contributed by atoms with E-state index in [-0.39, 0.29) is 4.90 Å². The topological polar surface area (TPSA) is 55.4 Å². The second-order valence-corrected chi connectivity index (χ2v) is 8.22. The molecule has 2 rings (SSSR count). The quantitative estimate of drug-likeness (QED) is 0.626. The van der Waals surface area contributed by atoms with Crippen LogP contribution in [0.3, 0.4) is 0 Å². The van der Waals surface area contributed by atoms with Gasteiger partial charge in [-0.1, -0.05) is 11.6 Å². The minimum Gasteiger partial charge on any atom is -0.496 e. The van der Waals surface area contributed by atoms with E-state index in [2.05, 4.69) is 43.2 Å². The van der Waals surface area contributed by atoms with Gasteiger partial charge in [-0.05, 0) is 74.9 Å². The van der Waals surface area contributed by atoms with Crippen LogP contribution in [-0.2, 0) is 10.0 Å². The molecule has 21 heavy (non-hydrogen) atoms. The van der Waals surface area contributed by atoms with Gasteiger partial charge in [0.15, 0.2) is 0 Å². The summed E-state index contributed by atoms with van der Waals surface area (Å²) in [7, 11) is -2.21. The summed E-state index contributed by atoms with van der Waals surface area (Å²) in [5.74, 6) is 0.557. The SMILES string of the molecule is COc1ccc(S(=O)(=O)Nc2ccc(I)cc2Cl)cc1Br. The molecule has 0 amide bonds. The van der Waals surface area contributed by atoms with Gasteiger partial charge in [0.1, 0.15) is 5.75 Å². The summed E-state index contributed by atoms with van der Waals surface area (Å²) >= 11 is 11.4. The van der Waals surface area contributed by atoms with Gasteiger partial charge in [0.2, 0.25) is 0 Å². The maximum absolute atomic E-state index is 12.4. The fourth-order valence-corrected chi connectivity index (χ4v) is 4.35. The van der Waals surface area contributed by atoms with Crippen LogP contribution in [0.1, 0.15) is 0 Å². The first-order chi connectivity index (χ1) is 9.83. The second kappa shape index (κ2) is 6.72. The third-order valence-corrected chi connectivity index (χ3v) is 5.58. The van der Waals surface area contributed by atoms with Gasteiger partial charge in [-0.2, -0.15) is 0 Å². The van der Waals surface area contributed by atoms with Crippen LogP contribution < -0.4 is 9.46 Å². The van der Waals surface area contributed by atoms with Crippen LogP contribution in [0.15, 0.2) is 45.8 Å². The molecule has 0 spiro atoms. The van der Waals surface area contributed by atoms with Crippen LogP contribution in [0.5, 0.6) is 5.75 Å². The lowest BCUT2D eigenvalue weighted by Crippen LogP contribution is -2.13. The Kier molecular flexibility index (Phi) is 5.39. The predicted octanol–water partition coefficient (Wildman–Crippen LogP) is 4.52. The molecule has 0 saturated heterocycles. The maximum atomic E-state index is 12.4. The minimum atomic E-state index is -3.72. The number of anilines is 1. The Bertz CT molecular complexity index is 783. The average Bonchev–Trinajstić information content (AvgIpc) is 2.42. The Morgan fingerprint density at radius 2 is 1.95 bits per heavy atom. The van der Waals surface area contributed by atoms with E-state index < -0.39 is 10.0 Å². The molecule has 0 atom stereocenters. The van der Waals surface area contributed by atoms with E-state index in [1.165, 1.54) is 19.2 Å². The summed E-state index contributed by atoms with van der Waals surface area (Å²) in [4.78, 5) is 0.116. The lowest BCUT2D eigenvalue weighted by molar-refractivity contribution is 0.411. The largest absolute Gasteiger partial charge is 0.496 e. The van der Waals surface area contributed by atoms with Gasteiger partial charge in [0.25, 0.3) is 10.0 Å². The smallest absolute Gasteiger partial charge is 0.261 e. The zero-order chi connectivity index (χ0) is 15.6. The zero-order valence-electron chi connectivity index (χ0n) is 10.7. The number of sulfonamides is 1. The number of ether oxygens (including phenoxy) is 1. The van der Waals surface area contributed by atoms with E-state index in [1.807, 2.05) is 0 Å². The highest BCUT2D eigenvalue weighted by molar-refractivity contribution is 14.1. The van der Waals surface area contributed by atoms with Crippen molar-refractivity contribution in [2.24, 2.45) is 0 Å². The van der Waals surface area contributed by atoms with Crippen LogP contribution in [-0.4, -0.2) is 15.5 Å². The highest BCUT2D eigenvalue weighted by Crippen LogP contribution is 2.30. The van der Waals surface area contributed by atoms with Gasteiger partial charge in [-0.25, -0.2) is 8.42 Å². The highest BCUT2D eigenvalue weighted by Gasteiger charge is 2.17. The van der Waals surface area contributed by atoms with Gasteiger partial charge < -0.3 is 4.74 Å². The Labute approximate surface area is 150 Å². The van der Waals surface area contributed by atoms with E-state index in [4.69, 9.17) is 16.3 Å². The van der Waals surface area contributed by atoms with E-state index in [9.17, 15) is 8.42 Å². The van der Waals surface area contributed by atoms with Crippen LogP contribution in [0.4, 0.5) is 5.69 Å². The van der Waals surface area contributed by atoms with Crippen LogP contribution in [0, 0.1) is 3.57 Å². The molecule has 112 valence electrons. The molecule has 0 unspecified atom stereocenters. The minimum absolute atomic E-state index is 0.116. The Morgan fingerprint density at radius 3 is 2.52 bits per heavy atom. The van der Waals surface area contributed by atoms with Gasteiger partial charge in [-0.15, -0.1) is 0 Å². The Balaban J connectivity index is 2.36. The van der Waals surface area contributed by atoms with E-state index >= 15 is 0 Å². The highest BCUT2D eigenvalue weighted by atomic mass is 127. The molecule has 1 N–H and O–H groups in total. The number of methoxy groups -OCH3 is 1. The summed E-state index contributed by atoms with van der Waals surface area (Å²) in [6, 6.07) is 9.60. The molecular formula is C13H10BrClINO3S. The van der Waals surface area contributed by atoms with E-state index in [0.717, 1.165) is 3.57 Å². The monoisotopic (exact) mass is 501 g/mol. The summed E-state index contributed by atoms with van der Waals surface area (Å²) in [6.45, 7) is 0. The van der Waals surface area contributed by atoms with Crippen LogP contribution in [0.2, 0.25) is 5.02 Å². The number of rotatable bonds is 4. The maximum Gasteiger partial charge on any atom is 0.261 e. The van der Waals surface area contributed by atoms with Crippen molar-refractivity contribution < 1.29 is 13.2 Å². The number of halogens is 3. The van der Waals surface area contributed by atoms with Crippen molar-refractivity contribution in [3.05, 3.63) is 49.5 Å². The standard InChI is InChI=1S/C13H10BrClINO3S/c1-20-13-5-3-9(7-10(13)14)21(18,19)17-12-4-2-8(16)6-11(12)15/h2-7,17H,1H3. The summed E-state index contributed by atoms with van der Waals surface area (Å²) in [5, 5.41) is 0.345. The van der Waals surface area contributed by atoms with Gasteiger partial charge in [0, 0.05) is 3.57 Å². The molecule has 0 saturated carbocycles. The molecule has 0 aliphatic rings. The molecule has 0 aliphatic heterocycles. The second-order valence-electron chi connectivity index (χ2n) is 4.03. The molecule has 0 radical (unpaired) electrons. The molecule has 0 heterocycles. The zero-order valence-corrected chi connectivity index (χ0v) is 16.0. The molecule has 0 fully saturated rings. The lowest BCUT2D eigenvalue weighted by atomic mass is 10.3. The van der Waals surface area contributed by atoms with Crippen molar-refractivity contribution in [3.8, 4) is 5.75 Å². The third-order valence-electron chi connectivity index (χ3n) is 2.61. The number of hydrogen-bond donors (Lipinski definition) is 1. The summed E-state index contributed by atoms with van der Waals surface area (Å²) < 4.78 is 33.7. The van der Waals surface area contributed by atoms with Crippen molar-refractivity contribution in [2.75, 3.05) is 11.8 Å². The van der Waals surface area contributed by atoms with E-state index in [0.29, 0.717) is 20.9 Å². The number of nitrogens with one attached hydrogen (secondary N) is 1. The number of hydrogen-bond acceptors (Lipinski definition) is 3. The molecule has 2 aromatic carbocycles. The molecule has 0 aliphatic carbocycles. The fourth-order valence-electron chi connectivity index (χ4n) is 1.59. The predicted molar refractivity (Wildman–Crippen MR) is 95.7 cm³/mol. The van der Waals surface area contributed by atoms with Gasteiger partial charge in [0.05, 0.1) is 27.2 Å². The first-order valence-electron chi connectivity index (χ1n) is 5.65. The Morgan fingerprint density at radius 1 is 1.24 bits per heavy atom. The fraction of sp³-hybridized carbons (Fsp3) is 0.0769. The van der Waals surface area contributed by atoms with Gasteiger partial charge in [-0.3, -0.25) is 4.72 Å². The molecule has 0 aromatic heterocycles. The van der Waals surface area contributed by atoms with Crippen molar-refractivity contribution >= 4 is 65.8 Å². The Hall–Kier alpha value is -0.510. The number of benzene rings is 2. The van der Waals surface area contributed by atoms with E-state index in [1.54, 1.807) is 24.3 Å². The van der Waals surface area contributed by atoms with Crippen molar-refractivity contribution in [1.29, 1.82) is 0 Å². The average molecular weight is 503 g/mol. The third kappa shape index (κ3) is 4.02. The first kappa shape index (κ1) is 16.9. The first-order valence-corrected chi connectivity index (χ1v) is 9.38. The van der Waals surface area contributed by atoms with Crippen LogP contribution in [0.25, 0.3) is 0 Å². The van der Waals surface area contributed by atoms with Crippen molar-refractivity contribution in [3.63, 3.8) is 0 Å². The summed E-state index contributed by atoms with van der Waals surface area (Å²) in [6.07, 6.45) is 0. The lowest BCUT2D eigenvalue weighted by Gasteiger charge is -2.11.